The summed E-state index contributed by atoms with van der Waals surface area (Å²) < 4.78 is 1.72. The van der Waals surface area contributed by atoms with Crippen LogP contribution < -0.4 is 0 Å². The average Bonchev–Trinajstić information content (AvgIpc) is 2.65. The molecule has 5 nitrogen and oxygen atoms in total. The van der Waals surface area contributed by atoms with Gasteiger partial charge in [-0.25, -0.2) is 0 Å². The molecule has 0 spiro atoms. The summed E-state index contributed by atoms with van der Waals surface area (Å²) in [6.45, 7) is 0. The van der Waals surface area contributed by atoms with Crippen LogP contribution in [0.5, 0.6) is 0 Å². The molecule has 1 heterocycles. The first kappa shape index (κ1) is 9.39. The van der Waals surface area contributed by atoms with E-state index in [1.165, 1.54) is 12.1 Å². The first-order valence-electron chi connectivity index (χ1n) is 4.41. The maximum Gasteiger partial charge on any atom is 0.269 e. The van der Waals surface area contributed by atoms with Gasteiger partial charge in [0.2, 0.25) is 0 Å². The van der Waals surface area contributed by atoms with E-state index < -0.39 is 4.92 Å². The molecule has 5 heteroatoms. The summed E-state index contributed by atoms with van der Waals surface area (Å²) in [4.78, 5) is 10.0. The molecule has 1 aromatic carbocycles. The van der Waals surface area contributed by atoms with E-state index in [9.17, 15) is 10.1 Å². The highest BCUT2D eigenvalue weighted by atomic mass is 16.6. The van der Waals surface area contributed by atoms with Gasteiger partial charge in [-0.05, 0) is 18.2 Å². The minimum atomic E-state index is -0.410. The second kappa shape index (κ2) is 3.53. The van der Waals surface area contributed by atoms with Gasteiger partial charge in [0.25, 0.3) is 5.69 Å². The summed E-state index contributed by atoms with van der Waals surface area (Å²) in [6, 6.07) is 8.27. The fraction of sp³-hybridized carbons (Fsp3) is 0.100. The Bertz CT molecular complexity index is 488. The van der Waals surface area contributed by atoms with Gasteiger partial charge in [0.05, 0.1) is 10.6 Å². The molecule has 0 radical (unpaired) electrons. The quantitative estimate of drug-likeness (QED) is 0.554. The zero-order chi connectivity index (χ0) is 10.8. The lowest BCUT2D eigenvalue weighted by atomic mass is 10.1. The van der Waals surface area contributed by atoms with E-state index in [4.69, 9.17) is 0 Å². The van der Waals surface area contributed by atoms with Crippen LogP contribution in [-0.4, -0.2) is 14.7 Å². The average molecular weight is 203 g/mol. The van der Waals surface area contributed by atoms with Crippen molar-refractivity contribution in [3.8, 4) is 11.3 Å². The minimum absolute atomic E-state index is 0.0981. The number of non-ortho nitro benzene ring substituents is 1. The molecule has 0 fully saturated rings. The number of nitrogens with zero attached hydrogens (tertiary/aromatic N) is 3. The van der Waals surface area contributed by atoms with Crippen LogP contribution in [0.15, 0.2) is 36.5 Å². The first-order valence-corrected chi connectivity index (χ1v) is 4.41. The van der Waals surface area contributed by atoms with Gasteiger partial charge >= 0.3 is 0 Å². The molecule has 76 valence electrons. The van der Waals surface area contributed by atoms with Gasteiger partial charge in [-0.2, -0.15) is 5.10 Å². The molecule has 2 rings (SSSR count). The summed E-state index contributed by atoms with van der Waals surface area (Å²) in [5.41, 5.74) is 1.95. The van der Waals surface area contributed by atoms with Crippen LogP contribution >= 0.6 is 0 Å². The predicted molar refractivity (Wildman–Crippen MR) is 55.3 cm³/mol. The highest BCUT2D eigenvalue weighted by molar-refractivity contribution is 5.60. The molecule has 0 bridgehead atoms. The first-order chi connectivity index (χ1) is 7.18. The largest absolute Gasteiger partial charge is 0.269 e. The number of rotatable bonds is 2. The maximum absolute atomic E-state index is 10.5. The maximum atomic E-state index is 10.5. The van der Waals surface area contributed by atoms with E-state index in [0.717, 1.165) is 11.3 Å². The molecule has 15 heavy (non-hydrogen) atoms. The number of nitro groups is 1. The van der Waals surface area contributed by atoms with Gasteiger partial charge in [-0.1, -0.05) is 0 Å². The Kier molecular flexibility index (Phi) is 2.21. The van der Waals surface area contributed by atoms with Crippen LogP contribution in [0.4, 0.5) is 5.69 Å². The Morgan fingerprint density at radius 2 is 1.93 bits per heavy atom. The Morgan fingerprint density at radius 3 is 2.40 bits per heavy atom. The van der Waals surface area contributed by atoms with E-state index in [-0.39, 0.29) is 5.69 Å². The highest BCUT2D eigenvalue weighted by Gasteiger charge is 2.06. The van der Waals surface area contributed by atoms with Crippen molar-refractivity contribution in [2.75, 3.05) is 0 Å². The van der Waals surface area contributed by atoms with Crippen LogP contribution in [0.1, 0.15) is 0 Å². The molecular weight excluding hydrogens is 194 g/mol. The van der Waals surface area contributed by atoms with Crippen molar-refractivity contribution in [1.82, 2.24) is 9.78 Å². The second-order valence-corrected chi connectivity index (χ2v) is 3.14. The summed E-state index contributed by atoms with van der Waals surface area (Å²) in [5.74, 6) is 0. The third-order valence-corrected chi connectivity index (χ3v) is 2.19. The molecule has 1 aromatic heterocycles. The molecule has 2 aromatic rings. The molecule has 0 aliphatic heterocycles. The van der Waals surface area contributed by atoms with Gasteiger partial charge in [0, 0.05) is 30.9 Å². The van der Waals surface area contributed by atoms with Crippen molar-refractivity contribution in [2.24, 2.45) is 7.05 Å². The monoisotopic (exact) mass is 203 g/mol. The molecule has 0 aliphatic rings. The number of aromatic nitrogens is 2. The van der Waals surface area contributed by atoms with E-state index in [1.807, 2.05) is 13.1 Å². The molecule has 0 atom stereocenters. The Hall–Kier alpha value is -2.17. The zero-order valence-electron chi connectivity index (χ0n) is 8.12. The Morgan fingerprint density at radius 1 is 1.27 bits per heavy atom. The van der Waals surface area contributed by atoms with E-state index in [1.54, 1.807) is 23.0 Å². The van der Waals surface area contributed by atoms with E-state index in [0.29, 0.717) is 0 Å². The van der Waals surface area contributed by atoms with Gasteiger partial charge in [-0.15, -0.1) is 0 Å². The van der Waals surface area contributed by atoms with Crippen LogP contribution in [0.3, 0.4) is 0 Å². The number of hydrogen-bond acceptors (Lipinski definition) is 3. The SMILES string of the molecule is Cn1nccc1-c1ccc([N+](=O)[O-])cc1. The smallest absolute Gasteiger partial charge is 0.268 e. The van der Waals surface area contributed by atoms with Crippen molar-refractivity contribution in [2.45, 2.75) is 0 Å². The number of nitro benzene ring substituents is 1. The molecule has 0 aliphatic carbocycles. The van der Waals surface area contributed by atoms with Crippen molar-refractivity contribution in [1.29, 1.82) is 0 Å². The lowest BCUT2D eigenvalue weighted by molar-refractivity contribution is -0.384. The van der Waals surface area contributed by atoms with Gasteiger partial charge in [0.1, 0.15) is 0 Å². The van der Waals surface area contributed by atoms with E-state index >= 15 is 0 Å². The number of benzene rings is 1. The second-order valence-electron chi connectivity index (χ2n) is 3.14. The topological polar surface area (TPSA) is 61.0 Å². The standard InChI is InChI=1S/C10H9N3O2/c1-12-10(6-7-11-12)8-2-4-9(5-3-8)13(14)15/h2-7H,1H3. The van der Waals surface area contributed by atoms with Gasteiger partial charge < -0.3 is 0 Å². The fourth-order valence-corrected chi connectivity index (χ4v) is 1.41. The van der Waals surface area contributed by atoms with Gasteiger partial charge in [0.15, 0.2) is 0 Å². The molecule has 0 saturated carbocycles. The summed E-state index contributed by atoms with van der Waals surface area (Å²) in [6.07, 6.45) is 1.69. The lowest BCUT2D eigenvalue weighted by Gasteiger charge is -2.00. The third-order valence-electron chi connectivity index (χ3n) is 2.19. The summed E-state index contributed by atoms with van der Waals surface area (Å²) in [5, 5.41) is 14.5. The highest BCUT2D eigenvalue weighted by Crippen LogP contribution is 2.21. The van der Waals surface area contributed by atoms with Crippen molar-refractivity contribution < 1.29 is 4.92 Å². The van der Waals surface area contributed by atoms with E-state index in [2.05, 4.69) is 5.10 Å². The third kappa shape index (κ3) is 1.71. The molecule has 0 N–H and O–H groups in total. The minimum Gasteiger partial charge on any atom is -0.268 e. The van der Waals surface area contributed by atoms with Gasteiger partial charge in [-0.3, -0.25) is 14.8 Å². The zero-order valence-corrected chi connectivity index (χ0v) is 8.12. The van der Waals surface area contributed by atoms with Crippen LogP contribution in [0, 0.1) is 10.1 Å². The summed E-state index contributed by atoms with van der Waals surface area (Å²) >= 11 is 0. The predicted octanol–water partition coefficient (Wildman–Crippen LogP) is 2.00. The molecule has 0 unspecified atom stereocenters. The fourth-order valence-electron chi connectivity index (χ4n) is 1.41. The molecule has 0 amide bonds. The number of hydrogen-bond donors (Lipinski definition) is 0. The molecular formula is C10H9N3O2. The normalized spacial score (nSPS) is 10.2. The van der Waals surface area contributed by atoms with Crippen LogP contribution in [-0.2, 0) is 7.05 Å². The lowest BCUT2D eigenvalue weighted by Crippen LogP contribution is -1.93. The Balaban J connectivity index is 2.40. The van der Waals surface area contributed by atoms with Crippen LogP contribution in [0.2, 0.25) is 0 Å². The summed E-state index contributed by atoms with van der Waals surface area (Å²) in [7, 11) is 1.83. The van der Waals surface area contributed by atoms with Crippen LogP contribution in [0.25, 0.3) is 11.3 Å². The molecule has 0 saturated heterocycles. The van der Waals surface area contributed by atoms with Crippen molar-refractivity contribution in [3.05, 3.63) is 46.6 Å². The number of aryl methyl sites for hydroxylation is 1. The van der Waals surface area contributed by atoms with Crippen molar-refractivity contribution >= 4 is 5.69 Å². The Labute approximate surface area is 86.1 Å². The van der Waals surface area contributed by atoms with Crippen molar-refractivity contribution in [3.63, 3.8) is 0 Å².